The minimum Gasteiger partial charge on any atom is -0.485 e. The summed E-state index contributed by atoms with van der Waals surface area (Å²) in [6.07, 6.45) is 4.50. The molecule has 0 saturated carbocycles. The highest BCUT2D eigenvalue weighted by molar-refractivity contribution is 6.01. The van der Waals surface area contributed by atoms with E-state index in [0.29, 0.717) is 37.4 Å². The summed E-state index contributed by atoms with van der Waals surface area (Å²) in [5, 5.41) is 5.74. The van der Waals surface area contributed by atoms with Gasteiger partial charge >= 0.3 is 0 Å². The number of likely N-dealkylation sites (N-methyl/N-ethyl adjacent to an activating group) is 1. The van der Waals surface area contributed by atoms with Gasteiger partial charge in [-0.3, -0.25) is 9.59 Å². The van der Waals surface area contributed by atoms with Gasteiger partial charge in [0, 0.05) is 24.6 Å². The summed E-state index contributed by atoms with van der Waals surface area (Å²) in [4.78, 5) is 25.6. The van der Waals surface area contributed by atoms with Gasteiger partial charge < -0.3 is 20.3 Å². The van der Waals surface area contributed by atoms with Crippen molar-refractivity contribution >= 4 is 23.1 Å². The third-order valence-electron chi connectivity index (χ3n) is 3.96. The molecular formula is C18H21N3O3. The highest BCUT2D eigenvalue weighted by Crippen LogP contribution is 2.41. The lowest BCUT2D eigenvalue weighted by Crippen LogP contribution is -2.33. The zero-order valence-corrected chi connectivity index (χ0v) is 13.9. The van der Waals surface area contributed by atoms with Gasteiger partial charge in [-0.25, -0.2) is 0 Å². The lowest BCUT2D eigenvalue weighted by atomic mass is 9.93. The number of benzene rings is 1. The number of carbonyl (C=O) groups excluding carboxylic acids is 2. The predicted molar refractivity (Wildman–Crippen MR) is 92.6 cm³/mol. The minimum absolute atomic E-state index is 0.0243. The van der Waals surface area contributed by atoms with E-state index in [-0.39, 0.29) is 11.8 Å². The van der Waals surface area contributed by atoms with E-state index in [9.17, 15) is 9.59 Å². The van der Waals surface area contributed by atoms with Crippen LogP contribution in [0.2, 0.25) is 0 Å². The second kappa shape index (κ2) is 6.88. The van der Waals surface area contributed by atoms with Gasteiger partial charge in [0.05, 0.1) is 11.4 Å². The predicted octanol–water partition coefficient (Wildman–Crippen LogP) is 1.76. The average molecular weight is 327 g/mol. The van der Waals surface area contributed by atoms with Crippen LogP contribution in [0.5, 0.6) is 5.75 Å². The highest BCUT2D eigenvalue weighted by Gasteiger charge is 2.27. The Bertz CT molecular complexity index is 735. The smallest absolute Gasteiger partial charge is 0.248 e. The summed E-state index contributed by atoms with van der Waals surface area (Å²) in [6, 6.07) is 5.66. The van der Waals surface area contributed by atoms with Crippen molar-refractivity contribution in [1.29, 1.82) is 0 Å². The summed E-state index contributed by atoms with van der Waals surface area (Å²) < 4.78 is 5.80. The van der Waals surface area contributed by atoms with Crippen molar-refractivity contribution in [3.63, 3.8) is 0 Å². The van der Waals surface area contributed by atoms with Crippen LogP contribution >= 0.6 is 0 Å². The molecule has 1 aromatic carbocycles. The number of nitrogens with one attached hydrogen (secondary N) is 2. The monoisotopic (exact) mass is 327 g/mol. The molecule has 0 unspecified atom stereocenters. The second-order valence-corrected chi connectivity index (χ2v) is 6.13. The lowest BCUT2D eigenvalue weighted by Gasteiger charge is -2.28. The number of amides is 2. The lowest BCUT2D eigenvalue weighted by molar-refractivity contribution is -0.120. The topological polar surface area (TPSA) is 70.7 Å². The molecule has 2 amide bonds. The third kappa shape index (κ3) is 3.49. The number of para-hydroxylation sites is 1. The van der Waals surface area contributed by atoms with Crippen molar-refractivity contribution in [2.75, 3.05) is 32.6 Å². The molecule has 0 spiro atoms. The van der Waals surface area contributed by atoms with Gasteiger partial charge in [0.25, 0.3) is 0 Å². The van der Waals surface area contributed by atoms with Crippen molar-refractivity contribution in [2.45, 2.75) is 12.8 Å². The molecule has 3 rings (SSSR count). The number of allylic oxidation sites excluding steroid dienone is 1. The number of nitrogens with zero attached hydrogens (tertiary/aromatic N) is 1. The maximum atomic E-state index is 12.1. The van der Waals surface area contributed by atoms with E-state index in [2.05, 4.69) is 10.6 Å². The van der Waals surface area contributed by atoms with Gasteiger partial charge in [-0.1, -0.05) is 18.2 Å². The first-order valence-corrected chi connectivity index (χ1v) is 7.95. The number of anilines is 1. The molecule has 6 heteroatoms. The molecule has 1 aromatic rings. The molecule has 2 aliphatic heterocycles. The van der Waals surface area contributed by atoms with Crippen molar-refractivity contribution < 1.29 is 14.3 Å². The van der Waals surface area contributed by atoms with Crippen LogP contribution in [0.3, 0.4) is 0 Å². The van der Waals surface area contributed by atoms with Crippen molar-refractivity contribution in [2.24, 2.45) is 0 Å². The van der Waals surface area contributed by atoms with Gasteiger partial charge in [-0.15, -0.1) is 0 Å². The fourth-order valence-corrected chi connectivity index (χ4v) is 2.83. The third-order valence-corrected chi connectivity index (χ3v) is 3.96. The van der Waals surface area contributed by atoms with Crippen LogP contribution in [0.1, 0.15) is 18.4 Å². The number of hydrogen-bond acceptors (Lipinski definition) is 4. The first-order chi connectivity index (χ1) is 11.5. The molecule has 0 saturated heterocycles. The highest BCUT2D eigenvalue weighted by atomic mass is 16.5. The van der Waals surface area contributed by atoms with Gasteiger partial charge in [0.15, 0.2) is 5.75 Å². The van der Waals surface area contributed by atoms with Crippen LogP contribution in [-0.4, -0.2) is 44.0 Å². The van der Waals surface area contributed by atoms with E-state index in [1.807, 2.05) is 43.3 Å². The Balaban J connectivity index is 1.81. The SMILES string of the molecule is CN(C)CC=CC(=O)Nc1cccc2c1OCC1=C2CCC(=O)N1. The molecule has 0 aromatic heterocycles. The number of rotatable bonds is 4. The Kier molecular flexibility index (Phi) is 4.66. The molecule has 6 nitrogen and oxygen atoms in total. The van der Waals surface area contributed by atoms with E-state index in [1.165, 1.54) is 6.08 Å². The standard InChI is InChI=1S/C18H21N3O3/c1-21(2)10-4-7-16(22)19-14-6-3-5-13-12-8-9-17(23)20-15(12)11-24-18(13)14/h3-7H,8-11H2,1-2H3,(H,19,22)(H,20,23). The van der Waals surface area contributed by atoms with Crippen molar-refractivity contribution in [3.8, 4) is 5.75 Å². The fraction of sp³-hybridized carbons (Fsp3) is 0.333. The van der Waals surface area contributed by atoms with E-state index in [1.54, 1.807) is 0 Å². The van der Waals surface area contributed by atoms with E-state index < -0.39 is 0 Å². The minimum atomic E-state index is -0.189. The maximum absolute atomic E-state index is 12.1. The zero-order chi connectivity index (χ0) is 17.1. The van der Waals surface area contributed by atoms with Crippen LogP contribution in [0.25, 0.3) is 5.57 Å². The van der Waals surface area contributed by atoms with Crippen LogP contribution in [0, 0.1) is 0 Å². The summed E-state index contributed by atoms with van der Waals surface area (Å²) in [5.41, 5.74) is 3.50. The summed E-state index contributed by atoms with van der Waals surface area (Å²) in [7, 11) is 3.88. The van der Waals surface area contributed by atoms with Gasteiger partial charge in [-0.2, -0.15) is 0 Å². The molecule has 0 bridgehead atoms. The zero-order valence-electron chi connectivity index (χ0n) is 13.9. The summed E-state index contributed by atoms with van der Waals surface area (Å²) in [5.74, 6) is 0.503. The first-order valence-electron chi connectivity index (χ1n) is 7.95. The van der Waals surface area contributed by atoms with Crippen molar-refractivity contribution in [1.82, 2.24) is 10.2 Å². The first kappa shape index (κ1) is 16.3. The van der Waals surface area contributed by atoms with E-state index >= 15 is 0 Å². The quantitative estimate of drug-likeness (QED) is 0.827. The van der Waals surface area contributed by atoms with E-state index in [4.69, 9.17) is 4.74 Å². The number of hydrogen-bond donors (Lipinski definition) is 2. The van der Waals surface area contributed by atoms with Crippen LogP contribution in [-0.2, 0) is 9.59 Å². The summed E-state index contributed by atoms with van der Waals surface area (Å²) >= 11 is 0. The normalized spacial score (nSPS) is 16.5. The maximum Gasteiger partial charge on any atom is 0.248 e. The molecule has 0 fully saturated rings. The Morgan fingerprint density at radius 2 is 2.21 bits per heavy atom. The molecule has 0 radical (unpaired) electrons. The Morgan fingerprint density at radius 1 is 1.38 bits per heavy atom. The molecule has 2 N–H and O–H groups in total. The molecule has 0 aliphatic carbocycles. The Morgan fingerprint density at radius 3 is 3.00 bits per heavy atom. The molecule has 2 heterocycles. The average Bonchev–Trinajstić information content (AvgIpc) is 2.54. The van der Waals surface area contributed by atoms with Crippen LogP contribution in [0.15, 0.2) is 36.0 Å². The largest absolute Gasteiger partial charge is 0.485 e. The fourth-order valence-electron chi connectivity index (χ4n) is 2.83. The van der Waals surface area contributed by atoms with Crippen LogP contribution < -0.4 is 15.4 Å². The molecule has 2 aliphatic rings. The number of carbonyl (C=O) groups is 2. The second-order valence-electron chi connectivity index (χ2n) is 6.13. The molecule has 126 valence electrons. The Labute approximate surface area is 141 Å². The van der Waals surface area contributed by atoms with Crippen molar-refractivity contribution in [3.05, 3.63) is 41.6 Å². The van der Waals surface area contributed by atoms with Gasteiger partial charge in [-0.05, 0) is 32.2 Å². The van der Waals surface area contributed by atoms with Gasteiger partial charge in [0.2, 0.25) is 11.8 Å². The molecule has 0 atom stereocenters. The van der Waals surface area contributed by atoms with E-state index in [0.717, 1.165) is 16.8 Å². The molecular weight excluding hydrogens is 306 g/mol. The molecule has 24 heavy (non-hydrogen) atoms. The number of ether oxygens (including phenoxy) is 1. The van der Waals surface area contributed by atoms with Gasteiger partial charge in [0.1, 0.15) is 6.61 Å². The summed E-state index contributed by atoms with van der Waals surface area (Å²) in [6.45, 7) is 1.02. The number of fused-ring (bicyclic) bond motifs is 2. The van der Waals surface area contributed by atoms with Crippen LogP contribution in [0.4, 0.5) is 5.69 Å². The Hall–Kier alpha value is -2.60.